The van der Waals surface area contributed by atoms with Crippen molar-refractivity contribution in [2.45, 2.75) is 13.0 Å². The van der Waals surface area contributed by atoms with Crippen LogP contribution >= 0.6 is 11.6 Å². The van der Waals surface area contributed by atoms with Gasteiger partial charge in [-0.25, -0.2) is 4.79 Å². The molecule has 0 N–H and O–H groups in total. The molecule has 1 saturated heterocycles. The molecule has 80 valence electrons. The number of ether oxygens (including phenoxy) is 1. The Morgan fingerprint density at radius 3 is 2.67 bits per heavy atom. The zero-order valence-electron chi connectivity index (χ0n) is 8.44. The molecule has 1 aromatic rings. The topological polar surface area (TPSA) is 29.5 Å². The largest absolute Gasteiger partial charge is 0.439 e. The Bertz CT molecular complexity index is 363. The second kappa shape index (κ2) is 4.11. The van der Waals surface area contributed by atoms with Gasteiger partial charge in [0.05, 0.1) is 6.54 Å². The monoisotopic (exact) mass is 225 g/mol. The number of carbonyl (C=O) groups excluding carboxylic acids is 1. The van der Waals surface area contributed by atoms with Gasteiger partial charge in [-0.15, -0.1) is 0 Å². The highest BCUT2D eigenvalue weighted by Gasteiger charge is 2.30. The molecule has 1 aromatic carbocycles. The maximum absolute atomic E-state index is 11.3. The van der Waals surface area contributed by atoms with Crippen molar-refractivity contribution in [3.63, 3.8) is 0 Å². The average Bonchev–Trinajstić information content (AvgIpc) is 2.61. The maximum atomic E-state index is 11.3. The third-order valence-corrected chi connectivity index (χ3v) is 2.76. The minimum atomic E-state index is -0.238. The van der Waals surface area contributed by atoms with E-state index in [1.807, 2.05) is 19.1 Å². The standard InChI is InChI=1S/C11H12ClNO2/c1-2-13-7-10(15-11(13)14)8-3-5-9(12)6-4-8/h3-6,10H,2,7H2,1H3/t10-/m1/s1. The van der Waals surface area contributed by atoms with E-state index in [1.54, 1.807) is 17.0 Å². The van der Waals surface area contributed by atoms with Crippen molar-refractivity contribution in [3.8, 4) is 0 Å². The first-order chi connectivity index (χ1) is 7.20. The molecule has 1 fully saturated rings. The molecule has 2 rings (SSSR count). The van der Waals surface area contributed by atoms with Crippen molar-refractivity contribution in [3.05, 3.63) is 34.9 Å². The van der Waals surface area contributed by atoms with Crippen LogP contribution in [0.4, 0.5) is 4.79 Å². The third-order valence-electron chi connectivity index (χ3n) is 2.51. The summed E-state index contributed by atoms with van der Waals surface area (Å²) in [6, 6.07) is 7.39. The van der Waals surface area contributed by atoms with E-state index in [9.17, 15) is 4.79 Å². The molecule has 0 spiro atoms. The van der Waals surface area contributed by atoms with Crippen molar-refractivity contribution in [2.75, 3.05) is 13.1 Å². The van der Waals surface area contributed by atoms with E-state index in [0.29, 0.717) is 18.1 Å². The third kappa shape index (κ3) is 2.07. The van der Waals surface area contributed by atoms with Crippen LogP contribution in [0, 0.1) is 0 Å². The summed E-state index contributed by atoms with van der Waals surface area (Å²) in [4.78, 5) is 13.0. The normalized spacial score (nSPS) is 20.5. The first-order valence-corrected chi connectivity index (χ1v) is 5.29. The molecule has 0 radical (unpaired) electrons. The fourth-order valence-electron chi connectivity index (χ4n) is 1.62. The first kappa shape index (κ1) is 10.3. The molecule has 15 heavy (non-hydrogen) atoms. The molecule has 1 heterocycles. The van der Waals surface area contributed by atoms with Crippen molar-refractivity contribution < 1.29 is 9.53 Å². The zero-order chi connectivity index (χ0) is 10.8. The van der Waals surface area contributed by atoms with E-state index in [0.717, 1.165) is 5.56 Å². The lowest BCUT2D eigenvalue weighted by molar-refractivity contribution is 0.133. The van der Waals surface area contributed by atoms with Gasteiger partial charge < -0.3 is 9.64 Å². The smallest absolute Gasteiger partial charge is 0.410 e. The van der Waals surface area contributed by atoms with Crippen LogP contribution in [0.2, 0.25) is 5.02 Å². The number of carbonyl (C=O) groups is 1. The van der Waals surface area contributed by atoms with Crippen LogP contribution in [-0.2, 0) is 4.74 Å². The Balaban J connectivity index is 2.13. The molecule has 1 amide bonds. The molecule has 1 aliphatic rings. The van der Waals surface area contributed by atoms with Gasteiger partial charge in [-0.05, 0) is 24.6 Å². The number of hydrogen-bond donors (Lipinski definition) is 0. The number of amides is 1. The van der Waals surface area contributed by atoms with E-state index < -0.39 is 0 Å². The Hall–Kier alpha value is -1.22. The lowest BCUT2D eigenvalue weighted by Crippen LogP contribution is -2.23. The molecule has 4 heteroatoms. The van der Waals surface area contributed by atoms with Gasteiger partial charge in [0, 0.05) is 11.6 Å². The number of nitrogens with zero attached hydrogens (tertiary/aromatic N) is 1. The molecule has 0 saturated carbocycles. The minimum Gasteiger partial charge on any atom is -0.439 e. The Kier molecular flexibility index (Phi) is 2.82. The number of rotatable bonds is 2. The van der Waals surface area contributed by atoms with Crippen molar-refractivity contribution in [2.24, 2.45) is 0 Å². The Morgan fingerprint density at radius 2 is 2.13 bits per heavy atom. The fraction of sp³-hybridized carbons (Fsp3) is 0.364. The summed E-state index contributed by atoms with van der Waals surface area (Å²) >= 11 is 5.78. The number of likely N-dealkylation sites (N-methyl/N-ethyl adjacent to an activating group) is 1. The van der Waals surface area contributed by atoms with Gasteiger partial charge >= 0.3 is 6.09 Å². The van der Waals surface area contributed by atoms with Gasteiger partial charge in [-0.2, -0.15) is 0 Å². The van der Waals surface area contributed by atoms with Crippen LogP contribution in [0.3, 0.4) is 0 Å². The molecular formula is C11H12ClNO2. The van der Waals surface area contributed by atoms with Gasteiger partial charge in [0.2, 0.25) is 0 Å². The van der Waals surface area contributed by atoms with Crippen molar-refractivity contribution in [1.82, 2.24) is 4.90 Å². The maximum Gasteiger partial charge on any atom is 0.410 e. The summed E-state index contributed by atoms with van der Waals surface area (Å²) in [6.45, 7) is 3.24. The highest BCUT2D eigenvalue weighted by atomic mass is 35.5. The predicted molar refractivity (Wildman–Crippen MR) is 57.9 cm³/mol. The lowest BCUT2D eigenvalue weighted by Gasteiger charge is -2.09. The van der Waals surface area contributed by atoms with Crippen LogP contribution < -0.4 is 0 Å². The molecule has 0 bridgehead atoms. The van der Waals surface area contributed by atoms with Gasteiger partial charge in [0.1, 0.15) is 6.10 Å². The lowest BCUT2D eigenvalue weighted by atomic mass is 10.1. The molecular weight excluding hydrogens is 214 g/mol. The molecule has 1 atom stereocenters. The van der Waals surface area contributed by atoms with Crippen molar-refractivity contribution in [1.29, 1.82) is 0 Å². The van der Waals surface area contributed by atoms with Crippen LogP contribution in [0.5, 0.6) is 0 Å². The van der Waals surface area contributed by atoms with E-state index >= 15 is 0 Å². The number of cyclic esters (lactones) is 1. The molecule has 0 aromatic heterocycles. The van der Waals surface area contributed by atoms with Crippen LogP contribution in [0.15, 0.2) is 24.3 Å². The second-order valence-electron chi connectivity index (χ2n) is 3.46. The summed E-state index contributed by atoms with van der Waals surface area (Å²) in [5.74, 6) is 0. The summed E-state index contributed by atoms with van der Waals surface area (Å²) in [5.41, 5.74) is 0.990. The summed E-state index contributed by atoms with van der Waals surface area (Å²) in [7, 11) is 0. The SMILES string of the molecule is CCN1C[C@H](c2ccc(Cl)cc2)OC1=O. The quantitative estimate of drug-likeness (QED) is 0.775. The van der Waals surface area contributed by atoms with Gasteiger partial charge in [-0.3, -0.25) is 0 Å². The second-order valence-corrected chi connectivity index (χ2v) is 3.90. The Labute approximate surface area is 93.6 Å². The average molecular weight is 226 g/mol. The van der Waals surface area contributed by atoms with E-state index in [2.05, 4.69) is 0 Å². The number of hydrogen-bond acceptors (Lipinski definition) is 2. The van der Waals surface area contributed by atoms with Gasteiger partial charge in [-0.1, -0.05) is 23.7 Å². The highest BCUT2D eigenvalue weighted by molar-refractivity contribution is 6.30. The van der Waals surface area contributed by atoms with Crippen LogP contribution in [0.25, 0.3) is 0 Å². The minimum absolute atomic E-state index is 0.158. The Morgan fingerprint density at radius 1 is 1.47 bits per heavy atom. The first-order valence-electron chi connectivity index (χ1n) is 4.91. The summed E-state index contributed by atoms with van der Waals surface area (Å²) in [5, 5.41) is 0.690. The molecule has 0 aliphatic carbocycles. The number of benzene rings is 1. The zero-order valence-corrected chi connectivity index (χ0v) is 9.20. The summed E-state index contributed by atoms with van der Waals surface area (Å²) < 4.78 is 5.23. The van der Waals surface area contributed by atoms with E-state index in [4.69, 9.17) is 16.3 Å². The molecule has 0 unspecified atom stereocenters. The predicted octanol–water partition coefficient (Wildman–Crippen LogP) is 2.85. The summed E-state index contributed by atoms with van der Waals surface area (Å²) in [6.07, 6.45) is -0.396. The fourth-order valence-corrected chi connectivity index (χ4v) is 1.74. The van der Waals surface area contributed by atoms with Crippen LogP contribution in [0.1, 0.15) is 18.6 Å². The molecule has 3 nitrogen and oxygen atoms in total. The van der Waals surface area contributed by atoms with E-state index in [-0.39, 0.29) is 12.2 Å². The van der Waals surface area contributed by atoms with E-state index in [1.165, 1.54) is 0 Å². The number of halogens is 1. The van der Waals surface area contributed by atoms with Crippen LogP contribution in [-0.4, -0.2) is 24.1 Å². The highest BCUT2D eigenvalue weighted by Crippen LogP contribution is 2.26. The van der Waals surface area contributed by atoms with Crippen molar-refractivity contribution >= 4 is 17.7 Å². The molecule has 1 aliphatic heterocycles. The van der Waals surface area contributed by atoms with Gasteiger partial charge in [0.15, 0.2) is 0 Å². The van der Waals surface area contributed by atoms with Gasteiger partial charge in [0.25, 0.3) is 0 Å².